The highest BCUT2D eigenvalue weighted by atomic mass is 79.9. The Morgan fingerprint density at radius 2 is 2.26 bits per heavy atom. The second-order valence-corrected chi connectivity index (χ2v) is 6.33. The molecule has 0 atom stereocenters. The van der Waals surface area contributed by atoms with E-state index in [0.717, 1.165) is 23.0 Å². The predicted molar refractivity (Wildman–Crippen MR) is 80.5 cm³/mol. The molecule has 0 unspecified atom stereocenters. The Labute approximate surface area is 126 Å². The Morgan fingerprint density at radius 3 is 2.79 bits per heavy atom. The first kappa shape index (κ1) is 14.7. The molecule has 1 aromatic rings. The summed E-state index contributed by atoms with van der Waals surface area (Å²) in [5.74, 6) is 0.367. The van der Waals surface area contributed by atoms with Gasteiger partial charge in [0.05, 0.1) is 11.6 Å². The number of benzene rings is 1. The molecule has 0 spiro atoms. The van der Waals surface area contributed by atoms with Gasteiger partial charge in [-0.3, -0.25) is 0 Å². The van der Waals surface area contributed by atoms with E-state index in [1.54, 1.807) is 6.07 Å². The van der Waals surface area contributed by atoms with Gasteiger partial charge in [0.1, 0.15) is 5.54 Å². The number of hydrogen-bond acceptors (Lipinski definition) is 3. The summed E-state index contributed by atoms with van der Waals surface area (Å²) in [7, 11) is 0. The van der Waals surface area contributed by atoms with Crippen LogP contribution in [-0.2, 0) is 9.53 Å². The van der Waals surface area contributed by atoms with Crippen LogP contribution in [0.25, 0.3) is 0 Å². The van der Waals surface area contributed by atoms with Gasteiger partial charge in [0.2, 0.25) is 0 Å². The summed E-state index contributed by atoms with van der Waals surface area (Å²) in [5.41, 5.74) is 0.291. The van der Waals surface area contributed by atoms with Crippen molar-refractivity contribution in [3.63, 3.8) is 0 Å². The van der Waals surface area contributed by atoms with Crippen molar-refractivity contribution in [3.05, 3.63) is 27.7 Å². The average molecular weight is 347 g/mol. The van der Waals surface area contributed by atoms with Gasteiger partial charge in [0, 0.05) is 10.2 Å². The number of halogens is 2. The van der Waals surface area contributed by atoms with Crippen LogP contribution >= 0.6 is 27.5 Å². The summed E-state index contributed by atoms with van der Waals surface area (Å²) in [6.45, 7) is 4.37. The molecule has 0 radical (unpaired) electrons. The Hall–Kier alpha value is -0.740. The number of ether oxygens (including phenoxy) is 1. The molecule has 0 heterocycles. The topological polar surface area (TPSA) is 38.3 Å². The van der Waals surface area contributed by atoms with E-state index in [4.69, 9.17) is 16.3 Å². The van der Waals surface area contributed by atoms with E-state index in [1.807, 2.05) is 19.1 Å². The Bertz CT molecular complexity index is 486. The number of carbonyl (C=O) groups excluding carboxylic acids is 1. The van der Waals surface area contributed by atoms with Crippen LogP contribution in [0.4, 0.5) is 5.69 Å². The summed E-state index contributed by atoms with van der Waals surface area (Å²) in [6.07, 6.45) is 1.60. The van der Waals surface area contributed by atoms with Crippen LogP contribution in [-0.4, -0.2) is 18.1 Å². The van der Waals surface area contributed by atoms with Crippen LogP contribution < -0.4 is 5.32 Å². The van der Waals surface area contributed by atoms with E-state index in [9.17, 15) is 4.79 Å². The second kappa shape index (κ2) is 5.71. The monoisotopic (exact) mass is 345 g/mol. The quantitative estimate of drug-likeness (QED) is 0.828. The Balaban J connectivity index is 2.17. The lowest BCUT2D eigenvalue weighted by Crippen LogP contribution is -2.56. The van der Waals surface area contributed by atoms with Crippen LogP contribution in [0.3, 0.4) is 0 Å². The fourth-order valence-electron chi connectivity index (χ4n) is 2.57. The molecule has 0 bridgehead atoms. The molecule has 5 heteroatoms. The predicted octanol–water partition coefficient (Wildman–Crippen LogP) is 4.25. The third kappa shape index (κ3) is 3.06. The minimum Gasteiger partial charge on any atom is -0.464 e. The van der Waals surface area contributed by atoms with Crippen molar-refractivity contribution >= 4 is 39.2 Å². The molecule has 1 aliphatic carbocycles. The summed E-state index contributed by atoms with van der Waals surface area (Å²) < 4.78 is 6.00. The largest absolute Gasteiger partial charge is 0.464 e. The third-order valence-corrected chi connectivity index (χ3v) is 4.58. The SMILES string of the molecule is CCOC(=O)C1(Nc2ccc(Cl)c(Br)c2)CC(C)C1. The number of rotatable bonds is 4. The lowest BCUT2D eigenvalue weighted by Gasteiger charge is -2.45. The maximum Gasteiger partial charge on any atom is 0.331 e. The molecule has 0 aliphatic heterocycles. The molecule has 1 aromatic carbocycles. The second-order valence-electron chi connectivity index (χ2n) is 5.07. The molecule has 0 amide bonds. The molecular formula is C14H17BrClNO2. The van der Waals surface area contributed by atoms with Crippen molar-refractivity contribution < 1.29 is 9.53 Å². The minimum absolute atomic E-state index is 0.167. The number of anilines is 1. The molecule has 0 aromatic heterocycles. The van der Waals surface area contributed by atoms with Gasteiger partial charge in [-0.25, -0.2) is 4.79 Å². The van der Waals surface area contributed by atoms with Gasteiger partial charge in [-0.2, -0.15) is 0 Å². The van der Waals surface area contributed by atoms with Crippen molar-refractivity contribution in [2.45, 2.75) is 32.2 Å². The highest BCUT2D eigenvalue weighted by Crippen LogP contribution is 2.41. The smallest absolute Gasteiger partial charge is 0.331 e. The van der Waals surface area contributed by atoms with Crippen molar-refractivity contribution in [1.29, 1.82) is 0 Å². The van der Waals surface area contributed by atoms with Crippen molar-refractivity contribution in [2.75, 3.05) is 11.9 Å². The van der Waals surface area contributed by atoms with E-state index in [-0.39, 0.29) is 5.97 Å². The summed E-state index contributed by atoms with van der Waals surface area (Å²) in [4.78, 5) is 12.1. The fraction of sp³-hybridized carbons (Fsp3) is 0.500. The number of hydrogen-bond donors (Lipinski definition) is 1. The van der Waals surface area contributed by atoms with Crippen LogP contribution in [0, 0.1) is 5.92 Å². The lowest BCUT2D eigenvalue weighted by atomic mass is 9.69. The molecule has 1 aliphatic rings. The summed E-state index contributed by atoms with van der Waals surface area (Å²) in [5, 5.41) is 3.96. The Morgan fingerprint density at radius 1 is 1.58 bits per heavy atom. The van der Waals surface area contributed by atoms with Crippen LogP contribution in [0.1, 0.15) is 26.7 Å². The van der Waals surface area contributed by atoms with E-state index in [0.29, 0.717) is 17.5 Å². The van der Waals surface area contributed by atoms with Crippen LogP contribution in [0.5, 0.6) is 0 Å². The first-order valence-electron chi connectivity index (χ1n) is 6.37. The molecule has 3 nitrogen and oxygen atoms in total. The molecule has 19 heavy (non-hydrogen) atoms. The van der Waals surface area contributed by atoms with Crippen LogP contribution in [0.15, 0.2) is 22.7 Å². The van der Waals surface area contributed by atoms with Gasteiger partial charge in [-0.15, -0.1) is 0 Å². The fourth-order valence-corrected chi connectivity index (χ4v) is 3.07. The van der Waals surface area contributed by atoms with Crippen molar-refractivity contribution in [2.24, 2.45) is 5.92 Å². The maximum absolute atomic E-state index is 12.1. The van der Waals surface area contributed by atoms with Gasteiger partial charge in [-0.05, 0) is 59.8 Å². The van der Waals surface area contributed by atoms with Gasteiger partial charge in [-0.1, -0.05) is 18.5 Å². The van der Waals surface area contributed by atoms with Gasteiger partial charge in [0.15, 0.2) is 0 Å². The average Bonchev–Trinajstić information content (AvgIpc) is 2.32. The van der Waals surface area contributed by atoms with Crippen molar-refractivity contribution in [1.82, 2.24) is 0 Å². The molecule has 104 valence electrons. The molecule has 0 saturated heterocycles. The first-order valence-corrected chi connectivity index (χ1v) is 7.54. The normalized spacial score (nSPS) is 25.6. The zero-order valence-electron chi connectivity index (χ0n) is 11.0. The van der Waals surface area contributed by atoms with Gasteiger partial charge >= 0.3 is 5.97 Å². The van der Waals surface area contributed by atoms with E-state index >= 15 is 0 Å². The molecule has 1 N–H and O–H groups in total. The molecular weight excluding hydrogens is 330 g/mol. The van der Waals surface area contributed by atoms with E-state index < -0.39 is 5.54 Å². The third-order valence-electron chi connectivity index (χ3n) is 3.36. The standard InChI is InChI=1S/C14H17BrClNO2/c1-3-19-13(18)14(7-9(2)8-14)17-10-4-5-12(16)11(15)6-10/h4-6,9,17H,3,7-8H2,1-2H3. The zero-order chi connectivity index (χ0) is 14.0. The van der Waals surface area contributed by atoms with Crippen LogP contribution in [0.2, 0.25) is 5.02 Å². The minimum atomic E-state index is -0.581. The molecule has 1 fully saturated rings. The van der Waals surface area contributed by atoms with Gasteiger partial charge in [0.25, 0.3) is 0 Å². The number of esters is 1. The number of nitrogens with one attached hydrogen (secondary N) is 1. The van der Waals surface area contributed by atoms with Crippen molar-refractivity contribution in [3.8, 4) is 0 Å². The van der Waals surface area contributed by atoms with Gasteiger partial charge < -0.3 is 10.1 Å². The lowest BCUT2D eigenvalue weighted by molar-refractivity contribution is -0.153. The summed E-state index contributed by atoms with van der Waals surface area (Å²) >= 11 is 9.35. The number of carbonyl (C=O) groups is 1. The highest BCUT2D eigenvalue weighted by molar-refractivity contribution is 9.10. The summed E-state index contributed by atoms with van der Waals surface area (Å²) in [6, 6.07) is 5.55. The first-order chi connectivity index (χ1) is 8.97. The molecule has 1 saturated carbocycles. The Kier molecular flexibility index (Phi) is 4.41. The highest BCUT2D eigenvalue weighted by Gasteiger charge is 2.49. The maximum atomic E-state index is 12.1. The van der Waals surface area contributed by atoms with E-state index in [2.05, 4.69) is 28.2 Å². The molecule has 2 rings (SSSR count). The van der Waals surface area contributed by atoms with E-state index in [1.165, 1.54) is 0 Å². The zero-order valence-corrected chi connectivity index (χ0v) is 13.3.